The van der Waals surface area contributed by atoms with E-state index in [-0.39, 0.29) is 8.63 Å². The van der Waals surface area contributed by atoms with E-state index < -0.39 is 6.51 Å². The zero-order chi connectivity index (χ0) is 16.5. The summed E-state index contributed by atoms with van der Waals surface area (Å²) in [6.07, 6.45) is 2.12. The van der Waals surface area contributed by atoms with Gasteiger partial charge in [-0.25, -0.2) is 0 Å². The number of hydrogen-bond acceptors (Lipinski definition) is 2. The molecule has 10 heterocycles. The Bertz CT molecular complexity index is 1500. The van der Waals surface area contributed by atoms with Gasteiger partial charge >= 0.3 is 136 Å². The maximum atomic E-state index is 13.9. The Balaban J connectivity index is 1.24. The second-order valence-corrected chi connectivity index (χ2v) is 36.1. The molecule has 1 aromatic carbocycles. The molecule has 10 saturated heterocycles. The van der Waals surface area contributed by atoms with E-state index in [0.717, 1.165) is 49.7 Å². The van der Waals surface area contributed by atoms with Gasteiger partial charge in [0.25, 0.3) is 0 Å². The first-order valence-corrected chi connectivity index (χ1v) is 16.0. The number of rotatable bonds is 4. The minimum absolute atomic E-state index is 0.120. The van der Waals surface area contributed by atoms with Crippen molar-refractivity contribution in [3.05, 3.63) is 41.5 Å². The standard InChI is InChI=1S/C15H13O.C7H7O.Fe/c1-12(11-13-7-3-2-4-8-13)15(16)14-9-5-6-10-14;1-6(8)7-4-2-3-5-7;/h2-11H,1H3;2-5H,1H3;. The molecule has 0 aliphatic carbocycles. The Morgan fingerprint density at radius 1 is 0.880 bits per heavy atom. The first-order chi connectivity index (χ1) is 11.8. The maximum absolute atomic E-state index is 13.9. The van der Waals surface area contributed by atoms with Crippen LogP contribution in [0.25, 0.3) is 6.08 Å². The summed E-state index contributed by atoms with van der Waals surface area (Å²) in [5, 5.41) is 0. The van der Waals surface area contributed by atoms with Crippen LogP contribution in [0.1, 0.15) is 19.4 Å². The molecule has 25 heavy (non-hydrogen) atoms. The second-order valence-electron chi connectivity index (χ2n) is 12.9. The molecule has 2 nitrogen and oxygen atoms in total. The zero-order valence-corrected chi connectivity index (χ0v) is 15.4. The van der Waals surface area contributed by atoms with Gasteiger partial charge in [-0.15, -0.1) is 0 Å². The van der Waals surface area contributed by atoms with E-state index >= 15 is 0 Å². The number of hydrogen-bond donors (Lipinski definition) is 0. The number of benzene rings is 1. The summed E-state index contributed by atoms with van der Waals surface area (Å²) in [6.45, 7) is 0.0744. The van der Waals surface area contributed by atoms with Crippen molar-refractivity contribution in [2.24, 2.45) is 0 Å². The van der Waals surface area contributed by atoms with Gasteiger partial charge in [0.2, 0.25) is 0 Å². The Labute approximate surface area is 136 Å². The van der Waals surface area contributed by atoms with Crippen molar-refractivity contribution in [3.63, 3.8) is 0 Å². The monoisotopic (exact) mass is 372 g/mol. The molecule has 3 heteroatoms. The molecule has 128 valence electrons. The summed E-state index contributed by atoms with van der Waals surface area (Å²) in [6, 6.07) is 10.3. The van der Waals surface area contributed by atoms with Crippen LogP contribution in [-0.4, -0.2) is 11.6 Å². The van der Waals surface area contributed by atoms with E-state index in [1.165, 1.54) is 0 Å². The summed E-state index contributed by atoms with van der Waals surface area (Å²) in [7, 11) is 0. The number of fused-ring (bicyclic) bond motifs is 10. The van der Waals surface area contributed by atoms with Crippen molar-refractivity contribution in [1.29, 1.82) is 0 Å². The summed E-state index contributed by atoms with van der Waals surface area (Å²) < 4.78 is 0.312. The Morgan fingerprint density at radius 3 is 1.84 bits per heavy atom. The van der Waals surface area contributed by atoms with Crippen LogP contribution < -0.4 is 0 Å². The van der Waals surface area contributed by atoms with Gasteiger partial charge in [0.1, 0.15) is 0 Å². The molecule has 10 aliphatic heterocycles. The molecular weight excluding hydrogens is 352 g/mol. The third-order valence-corrected chi connectivity index (χ3v) is 60.0. The molecule has 8 unspecified atom stereocenters. The number of allylic oxidation sites excluding steroid dienone is 1. The molecule has 1 aromatic rings. The Kier molecular flexibility index (Phi) is 0.493. The van der Waals surface area contributed by atoms with Gasteiger partial charge in [0.15, 0.2) is 0 Å². The number of carbonyl (C=O) groups is 2. The molecule has 0 aromatic heterocycles. The number of Topliss-reactive ketones (excluding diaryl/α,β-unsaturated/α-hetero) is 2. The van der Waals surface area contributed by atoms with Gasteiger partial charge in [0, 0.05) is 0 Å². The average molecular weight is 372 g/mol. The van der Waals surface area contributed by atoms with E-state index in [2.05, 4.69) is 25.1 Å². The van der Waals surface area contributed by atoms with Crippen LogP contribution in [0.2, 0.25) is 47.2 Å². The average Bonchev–Trinajstić information content (AvgIpc) is 3.54. The molecular formula is C22H20FeO2. The molecule has 10 fully saturated rings. The fourth-order valence-electron chi connectivity index (χ4n) is 19.3. The predicted molar refractivity (Wildman–Crippen MR) is 91.2 cm³/mol. The van der Waals surface area contributed by atoms with Gasteiger partial charge in [-0.2, -0.15) is 0 Å². The van der Waals surface area contributed by atoms with Crippen molar-refractivity contribution in [3.8, 4) is 0 Å². The van der Waals surface area contributed by atoms with E-state index in [4.69, 9.17) is 0 Å². The van der Waals surface area contributed by atoms with Gasteiger partial charge in [-0.1, -0.05) is 0 Å². The third kappa shape index (κ3) is 0.155. The van der Waals surface area contributed by atoms with E-state index in [1.807, 2.05) is 25.1 Å². The summed E-state index contributed by atoms with van der Waals surface area (Å²) >= 11 is 0. The zero-order valence-electron chi connectivity index (χ0n) is 14.3. The molecule has 0 N–H and O–H groups in total. The van der Waals surface area contributed by atoms with Gasteiger partial charge in [-0.3, -0.25) is 0 Å². The first-order valence-electron chi connectivity index (χ1n) is 9.79. The molecule has 0 saturated carbocycles. The fraction of sp³-hybridized carbons (Fsp3) is 0.545. The van der Waals surface area contributed by atoms with Crippen molar-refractivity contribution in [2.75, 3.05) is 0 Å². The summed E-state index contributed by atoms with van der Waals surface area (Å²) in [5.41, 5.74) is 2.12. The third-order valence-electron chi connectivity index (χ3n) is 17.2. The van der Waals surface area contributed by atoms with Crippen molar-refractivity contribution >= 4 is 17.6 Å². The van der Waals surface area contributed by atoms with Crippen molar-refractivity contribution < 1.29 is 16.1 Å². The quantitative estimate of drug-likeness (QED) is 0.526. The van der Waals surface area contributed by atoms with Gasteiger partial charge < -0.3 is 0 Å². The second kappa shape index (κ2) is 1.14. The van der Waals surface area contributed by atoms with Crippen molar-refractivity contribution in [1.82, 2.24) is 0 Å². The van der Waals surface area contributed by atoms with Crippen molar-refractivity contribution in [2.45, 2.75) is 61.0 Å². The predicted octanol–water partition coefficient (Wildman–Crippen LogP) is 5.38. The van der Waals surface area contributed by atoms with Crippen LogP contribution in [0.5, 0.6) is 0 Å². The van der Waals surface area contributed by atoms with Gasteiger partial charge in [-0.05, 0) is 0 Å². The van der Waals surface area contributed by atoms with Crippen LogP contribution in [-0.2, 0) is 16.1 Å². The molecule has 10 aliphatic rings. The van der Waals surface area contributed by atoms with Gasteiger partial charge in [0.05, 0.1) is 0 Å². The van der Waals surface area contributed by atoms with E-state index in [9.17, 15) is 9.59 Å². The molecule has 8 atom stereocenters. The molecule has 0 radical (unpaired) electrons. The molecule has 11 rings (SSSR count). The Hall–Kier alpha value is -1.18. The van der Waals surface area contributed by atoms with Crippen LogP contribution in [0, 0.1) is 0 Å². The van der Waals surface area contributed by atoms with Crippen LogP contribution in [0.3, 0.4) is 0 Å². The Morgan fingerprint density at radius 2 is 1.40 bits per heavy atom. The van der Waals surface area contributed by atoms with E-state index in [0.29, 0.717) is 11.6 Å². The molecule has 0 amide bonds. The number of ketones is 2. The van der Waals surface area contributed by atoms with Crippen LogP contribution >= 0.6 is 0 Å². The minimum atomic E-state index is -3.89. The van der Waals surface area contributed by atoms with Crippen LogP contribution in [0.4, 0.5) is 0 Å². The van der Waals surface area contributed by atoms with Crippen LogP contribution in [0.15, 0.2) is 35.9 Å². The summed E-state index contributed by atoms with van der Waals surface area (Å²) in [5.74, 6) is 1.08. The topological polar surface area (TPSA) is 34.1 Å². The first kappa shape index (κ1) is 10.8. The normalized spacial score (nSPS) is 88.2. The van der Waals surface area contributed by atoms with E-state index in [1.54, 1.807) is 0 Å². The SMILES string of the molecule is CC(=O)[C]12[CH]3[CH]4[CH]5[CH]1[Fe]45321678[CH]2[CH]1[CH]6[C]7(C(=O)C(C)=Cc1ccccc1)[CH]28. The molecule has 0 bridgehead atoms. The molecule has 1 spiro atoms. The number of carbonyl (C=O) groups excluding carboxylic acids is 2. The fourth-order valence-corrected chi connectivity index (χ4v) is 95.5. The summed E-state index contributed by atoms with van der Waals surface area (Å²) in [4.78, 5) is 34.1.